The fourth-order valence-corrected chi connectivity index (χ4v) is 2.14. The molecule has 1 aromatic rings. The van der Waals surface area contributed by atoms with Crippen LogP contribution in [0.3, 0.4) is 0 Å². The van der Waals surface area contributed by atoms with Crippen LogP contribution < -0.4 is 10.5 Å². The van der Waals surface area contributed by atoms with Crippen LogP contribution in [0.25, 0.3) is 0 Å². The van der Waals surface area contributed by atoms with Crippen molar-refractivity contribution in [2.24, 2.45) is 10.7 Å². The van der Waals surface area contributed by atoms with Crippen molar-refractivity contribution < 1.29 is 4.74 Å². The molecule has 0 saturated heterocycles. The van der Waals surface area contributed by atoms with Crippen LogP contribution in [0.15, 0.2) is 28.1 Å². The standard InChI is InChI=1S/C9H10N2OS/c1-12-7-4-2-3-6-9(7)13-5-8(10)11-6/h2-4H,5H2,1H3,(H2,10,11). The molecule has 4 heteroatoms. The van der Waals surface area contributed by atoms with Crippen LogP contribution >= 0.6 is 11.8 Å². The summed E-state index contributed by atoms with van der Waals surface area (Å²) >= 11 is 1.67. The Bertz CT molecular complexity index is 363. The molecule has 0 saturated carbocycles. The van der Waals surface area contributed by atoms with Crippen LogP contribution in [-0.4, -0.2) is 18.7 Å². The van der Waals surface area contributed by atoms with Gasteiger partial charge < -0.3 is 10.5 Å². The Balaban J connectivity index is 2.52. The van der Waals surface area contributed by atoms with E-state index in [1.54, 1.807) is 18.9 Å². The van der Waals surface area contributed by atoms with E-state index < -0.39 is 0 Å². The monoisotopic (exact) mass is 194 g/mol. The summed E-state index contributed by atoms with van der Waals surface area (Å²) in [7, 11) is 1.66. The summed E-state index contributed by atoms with van der Waals surface area (Å²) in [6.07, 6.45) is 0. The number of fused-ring (bicyclic) bond motifs is 1. The first-order valence-corrected chi connectivity index (χ1v) is 4.92. The molecule has 0 aliphatic carbocycles. The molecule has 1 heterocycles. The number of hydrogen-bond acceptors (Lipinski definition) is 4. The van der Waals surface area contributed by atoms with Gasteiger partial charge in [-0.3, -0.25) is 0 Å². The molecule has 3 nitrogen and oxygen atoms in total. The number of benzene rings is 1. The Morgan fingerprint density at radius 3 is 3.15 bits per heavy atom. The van der Waals surface area contributed by atoms with Gasteiger partial charge in [-0.15, -0.1) is 11.8 Å². The van der Waals surface area contributed by atoms with Crippen molar-refractivity contribution in [1.82, 2.24) is 0 Å². The highest BCUT2D eigenvalue weighted by atomic mass is 32.2. The maximum atomic E-state index is 5.63. The summed E-state index contributed by atoms with van der Waals surface area (Å²) in [4.78, 5) is 5.33. The summed E-state index contributed by atoms with van der Waals surface area (Å²) < 4.78 is 5.22. The highest BCUT2D eigenvalue weighted by Crippen LogP contribution is 2.39. The second-order valence-electron chi connectivity index (χ2n) is 2.70. The van der Waals surface area contributed by atoms with Gasteiger partial charge in [0.1, 0.15) is 11.6 Å². The fourth-order valence-electron chi connectivity index (χ4n) is 1.23. The van der Waals surface area contributed by atoms with Crippen molar-refractivity contribution in [2.45, 2.75) is 4.90 Å². The molecule has 0 aromatic heterocycles. The molecule has 0 atom stereocenters. The number of thioether (sulfide) groups is 1. The van der Waals surface area contributed by atoms with Crippen molar-refractivity contribution >= 4 is 23.3 Å². The highest BCUT2D eigenvalue weighted by Gasteiger charge is 2.14. The zero-order chi connectivity index (χ0) is 9.26. The van der Waals surface area contributed by atoms with Crippen LogP contribution in [0.1, 0.15) is 0 Å². The summed E-state index contributed by atoms with van der Waals surface area (Å²) in [5.41, 5.74) is 6.54. The van der Waals surface area contributed by atoms with Gasteiger partial charge in [-0.25, -0.2) is 4.99 Å². The first kappa shape index (κ1) is 8.44. The van der Waals surface area contributed by atoms with Crippen LogP contribution in [0.5, 0.6) is 5.75 Å². The van der Waals surface area contributed by atoms with E-state index in [0.29, 0.717) is 5.84 Å². The predicted octanol–water partition coefficient (Wildman–Crippen LogP) is 1.79. The van der Waals surface area contributed by atoms with Gasteiger partial charge in [-0.1, -0.05) is 6.07 Å². The topological polar surface area (TPSA) is 47.6 Å². The van der Waals surface area contributed by atoms with Crippen LogP contribution in [0, 0.1) is 0 Å². The lowest BCUT2D eigenvalue weighted by Crippen LogP contribution is -2.16. The van der Waals surface area contributed by atoms with E-state index in [1.807, 2.05) is 18.2 Å². The van der Waals surface area contributed by atoms with Crippen molar-refractivity contribution in [3.63, 3.8) is 0 Å². The molecule has 0 fully saturated rings. The Morgan fingerprint density at radius 1 is 1.54 bits per heavy atom. The lowest BCUT2D eigenvalue weighted by atomic mass is 10.3. The summed E-state index contributed by atoms with van der Waals surface area (Å²) in [6.45, 7) is 0. The summed E-state index contributed by atoms with van der Waals surface area (Å²) in [5.74, 6) is 2.29. The van der Waals surface area contributed by atoms with E-state index >= 15 is 0 Å². The second-order valence-corrected chi connectivity index (χ2v) is 3.69. The van der Waals surface area contributed by atoms with Gasteiger partial charge in [-0.05, 0) is 12.1 Å². The SMILES string of the molecule is COc1cccc2c1SCC(N)=N2. The van der Waals surface area contributed by atoms with Crippen LogP contribution in [0.2, 0.25) is 0 Å². The van der Waals surface area contributed by atoms with Crippen molar-refractivity contribution in [3.8, 4) is 5.75 Å². The van der Waals surface area contributed by atoms with E-state index in [-0.39, 0.29) is 0 Å². The number of nitrogens with zero attached hydrogens (tertiary/aromatic N) is 1. The van der Waals surface area contributed by atoms with Gasteiger partial charge in [0, 0.05) is 0 Å². The molecular weight excluding hydrogens is 184 g/mol. The van der Waals surface area contributed by atoms with E-state index in [4.69, 9.17) is 10.5 Å². The van der Waals surface area contributed by atoms with Crippen molar-refractivity contribution in [3.05, 3.63) is 18.2 Å². The van der Waals surface area contributed by atoms with E-state index in [9.17, 15) is 0 Å². The fraction of sp³-hybridized carbons (Fsp3) is 0.222. The number of rotatable bonds is 1. The normalized spacial score (nSPS) is 14.7. The molecule has 13 heavy (non-hydrogen) atoms. The molecule has 2 N–H and O–H groups in total. The number of methoxy groups -OCH3 is 1. The van der Waals surface area contributed by atoms with Gasteiger partial charge in [0.05, 0.1) is 23.4 Å². The lowest BCUT2D eigenvalue weighted by molar-refractivity contribution is 0.405. The Kier molecular flexibility index (Phi) is 2.14. The average molecular weight is 194 g/mol. The maximum absolute atomic E-state index is 5.63. The third-order valence-electron chi connectivity index (χ3n) is 1.81. The number of nitrogens with two attached hydrogens (primary N) is 1. The third kappa shape index (κ3) is 1.49. The molecule has 0 amide bonds. The largest absolute Gasteiger partial charge is 0.496 e. The molecular formula is C9H10N2OS. The minimum atomic E-state index is 0.672. The average Bonchev–Trinajstić information content (AvgIpc) is 2.16. The zero-order valence-electron chi connectivity index (χ0n) is 7.28. The quantitative estimate of drug-likeness (QED) is 0.741. The Hall–Kier alpha value is -1.16. The minimum absolute atomic E-state index is 0.672. The molecule has 0 spiro atoms. The minimum Gasteiger partial charge on any atom is -0.496 e. The first-order chi connectivity index (χ1) is 6.31. The maximum Gasteiger partial charge on any atom is 0.134 e. The smallest absolute Gasteiger partial charge is 0.134 e. The van der Waals surface area contributed by atoms with Gasteiger partial charge >= 0.3 is 0 Å². The predicted molar refractivity (Wildman–Crippen MR) is 55.0 cm³/mol. The van der Waals surface area contributed by atoms with E-state index in [1.165, 1.54) is 0 Å². The molecule has 0 bridgehead atoms. The summed E-state index contributed by atoms with van der Waals surface area (Å²) in [5, 5.41) is 0. The molecule has 0 unspecified atom stereocenters. The molecule has 2 rings (SSSR count). The van der Waals surface area contributed by atoms with Crippen molar-refractivity contribution in [2.75, 3.05) is 12.9 Å². The van der Waals surface area contributed by atoms with Gasteiger partial charge in [0.15, 0.2) is 0 Å². The van der Waals surface area contributed by atoms with Gasteiger partial charge in [-0.2, -0.15) is 0 Å². The number of ether oxygens (including phenoxy) is 1. The summed E-state index contributed by atoms with van der Waals surface area (Å²) in [6, 6.07) is 5.79. The van der Waals surface area contributed by atoms with Gasteiger partial charge in [0.2, 0.25) is 0 Å². The van der Waals surface area contributed by atoms with E-state index in [0.717, 1.165) is 22.1 Å². The zero-order valence-corrected chi connectivity index (χ0v) is 8.10. The van der Waals surface area contributed by atoms with Crippen molar-refractivity contribution in [1.29, 1.82) is 0 Å². The lowest BCUT2D eigenvalue weighted by Gasteiger charge is -2.14. The number of hydrogen-bond donors (Lipinski definition) is 1. The number of amidine groups is 1. The highest BCUT2D eigenvalue weighted by molar-refractivity contribution is 8.00. The second kappa shape index (κ2) is 3.30. The van der Waals surface area contributed by atoms with Gasteiger partial charge in [0.25, 0.3) is 0 Å². The molecule has 1 aromatic carbocycles. The molecule has 1 aliphatic rings. The van der Waals surface area contributed by atoms with Crippen LogP contribution in [0.4, 0.5) is 5.69 Å². The molecule has 68 valence electrons. The first-order valence-electron chi connectivity index (χ1n) is 3.94. The molecule has 0 radical (unpaired) electrons. The Morgan fingerprint density at radius 2 is 2.38 bits per heavy atom. The van der Waals surface area contributed by atoms with E-state index in [2.05, 4.69) is 4.99 Å². The van der Waals surface area contributed by atoms with Crippen LogP contribution in [-0.2, 0) is 0 Å². The molecule has 1 aliphatic heterocycles. The third-order valence-corrected chi connectivity index (χ3v) is 2.95. The Labute approximate surface area is 81.0 Å². The number of aliphatic imine (C=N–C) groups is 1.